The van der Waals surface area contributed by atoms with E-state index >= 15 is 0 Å². The van der Waals surface area contributed by atoms with E-state index in [-0.39, 0.29) is 34.7 Å². The highest BCUT2D eigenvalue weighted by atomic mass is 35.5. The average Bonchev–Trinajstić information content (AvgIpc) is 2.94. The Balaban J connectivity index is 1.63. The smallest absolute Gasteiger partial charge is 0.273 e. The first-order valence-electron chi connectivity index (χ1n) is 8.43. The highest BCUT2D eigenvalue weighted by Crippen LogP contribution is 2.37. The van der Waals surface area contributed by atoms with Crippen molar-refractivity contribution in [2.24, 2.45) is 5.92 Å². The van der Waals surface area contributed by atoms with Gasteiger partial charge in [-0.15, -0.1) is 0 Å². The fourth-order valence-corrected chi connectivity index (χ4v) is 3.51. The molecule has 0 aliphatic heterocycles. The molecule has 0 radical (unpaired) electrons. The van der Waals surface area contributed by atoms with E-state index in [4.69, 9.17) is 11.6 Å². The first-order chi connectivity index (χ1) is 12.5. The molecule has 3 aromatic heterocycles. The van der Waals surface area contributed by atoms with E-state index < -0.39 is 0 Å². The number of hydrogen-bond acceptors (Lipinski definition) is 5. The Bertz CT molecular complexity index is 953. The summed E-state index contributed by atoms with van der Waals surface area (Å²) < 4.78 is 1.51. The van der Waals surface area contributed by atoms with Gasteiger partial charge in [-0.05, 0) is 43.4 Å². The van der Waals surface area contributed by atoms with Gasteiger partial charge in [-0.25, -0.2) is 9.50 Å². The maximum Gasteiger partial charge on any atom is 0.273 e. The van der Waals surface area contributed by atoms with Crippen LogP contribution >= 0.6 is 11.6 Å². The van der Waals surface area contributed by atoms with Crippen LogP contribution in [0, 0.1) is 12.8 Å². The van der Waals surface area contributed by atoms with Crippen LogP contribution in [0.2, 0.25) is 5.02 Å². The molecule has 0 bridgehead atoms. The second-order valence-corrected chi connectivity index (χ2v) is 7.03. The lowest BCUT2D eigenvalue weighted by Gasteiger charge is -2.37. The van der Waals surface area contributed by atoms with Gasteiger partial charge in [0, 0.05) is 18.6 Å². The van der Waals surface area contributed by atoms with Crippen molar-refractivity contribution in [3.05, 3.63) is 58.8 Å². The number of pyridine rings is 1. The molecule has 1 amide bonds. The van der Waals surface area contributed by atoms with Crippen molar-refractivity contribution in [1.29, 1.82) is 0 Å². The lowest BCUT2D eigenvalue weighted by molar-refractivity contribution is 0.0227. The molecule has 1 atom stereocenters. The summed E-state index contributed by atoms with van der Waals surface area (Å²) in [6.45, 7) is 1.89. The van der Waals surface area contributed by atoms with Gasteiger partial charge in [0.2, 0.25) is 0 Å². The van der Waals surface area contributed by atoms with Gasteiger partial charge in [0.05, 0.1) is 17.8 Å². The van der Waals surface area contributed by atoms with Crippen LogP contribution in [0.15, 0.2) is 36.8 Å². The summed E-state index contributed by atoms with van der Waals surface area (Å²) in [5, 5.41) is 17.1. The van der Waals surface area contributed by atoms with Gasteiger partial charge in [-0.1, -0.05) is 17.7 Å². The average molecular weight is 372 g/mol. The van der Waals surface area contributed by atoms with Crippen molar-refractivity contribution in [3.63, 3.8) is 0 Å². The van der Waals surface area contributed by atoms with E-state index in [1.807, 2.05) is 25.1 Å². The number of fused-ring (bicyclic) bond motifs is 1. The number of aryl methyl sites for hydroxylation is 1. The number of nitrogens with one attached hydrogen (secondary N) is 1. The van der Waals surface area contributed by atoms with Crippen molar-refractivity contribution in [1.82, 2.24) is 24.9 Å². The molecule has 0 saturated heterocycles. The number of nitrogens with zero attached hydrogens (tertiary/aromatic N) is 4. The van der Waals surface area contributed by atoms with Crippen LogP contribution in [0.25, 0.3) is 5.65 Å². The lowest BCUT2D eigenvalue weighted by Crippen LogP contribution is -2.42. The van der Waals surface area contributed by atoms with E-state index in [0.717, 1.165) is 11.3 Å². The van der Waals surface area contributed by atoms with E-state index in [0.29, 0.717) is 18.5 Å². The molecule has 0 spiro atoms. The predicted molar refractivity (Wildman–Crippen MR) is 95.9 cm³/mol. The Morgan fingerprint density at radius 1 is 1.38 bits per heavy atom. The van der Waals surface area contributed by atoms with Crippen molar-refractivity contribution in [3.8, 4) is 0 Å². The summed E-state index contributed by atoms with van der Waals surface area (Å²) in [6, 6.07) is 5.26. The molecule has 1 saturated carbocycles. The Morgan fingerprint density at radius 3 is 2.88 bits per heavy atom. The monoisotopic (exact) mass is 371 g/mol. The minimum Gasteiger partial charge on any atom is -0.393 e. The molecular weight excluding hydrogens is 354 g/mol. The molecular formula is C18H18ClN5O2. The molecule has 3 aromatic rings. The highest BCUT2D eigenvalue weighted by Gasteiger charge is 2.37. The number of carbonyl (C=O) groups excluding carboxylic acids is 1. The van der Waals surface area contributed by atoms with Gasteiger partial charge in [0.1, 0.15) is 5.02 Å². The lowest BCUT2D eigenvalue weighted by atomic mass is 9.76. The predicted octanol–water partition coefficient (Wildman–Crippen LogP) is 2.33. The van der Waals surface area contributed by atoms with Gasteiger partial charge in [-0.2, -0.15) is 5.10 Å². The summed E-state index contributed by atoms with van der Waals surface area (Å²) in [6.07, 6.45) is 6.06. The van der Waals surface area contributed by atoms with Crippen LogP contribution in [0.1, 0.15) is 40.6 Å². The zero-order chi connectivity index (χ0) is 18.3. The Morgan fingerprint density at radius 2 is 2.19 bits per heavy atom. The Labute approximate surface area is 155 Å². The third kappa shape index (κ3) is 3.04. The van der Waals surface area contributed by atoms with E-state index in [1.54, 1.807) is 18.6 Å². The maximum absolute atomic E-state index is 12.8. The highest BCUT2D eigenvalue weighted by molar-refractivity contribution is 6.36. The zero-order valence-electron chi connectivity index (χ0n) is 14.1. The molecule has 0 unspecified atom stereocenters. The molecule has 1 aliphatic carbocycles. The number of hydrogen-bond donors (Lipinski definition) is 2. The molecule has 8 heteroatoms. The fourth-order valence-electron chi connectivity index (χ4n) is 3.25. The van der Waals surface area contributed by atoms with E-state index in [9.17, 15) is 9.90 Å². The molecule has 1 aliphatic rings. The molecule has 2 N–H and O–H groups in total. The van der Waals surface area contributed by atoms with Crippen molar-refractivity contribution in [2.75, 3.05) is 0 Å². The normalized spacial score (nSPS) is 20.6. The van der Waals surface area contributed by atoms with Crippen molar-refractivity contribution < 1.29 is 9.90 Å². The summed E-state index contributed by atoms with van der Waals surface area (Å²) in [5.41, 5.74) is 2.24. The Kier molecular flexibility index (Phi) is 4.34. The molecule has 7 nitrogen and oxygen atoms in total. The fraction of sp³-hybridized carbons (Fsp3) is 0.333. The van der Waals surface area contributed by atoms with Crippen LogP contribution in [0.3, 0.4) is 0 Å². The molecule has 0 aromatic carbocycles. The van der Waals surface area contributed by atoms with E-state index in [2.05, 4.69) is 20.4 Å². The van der Waals surface area contributed by atoms with E-state index in [1.165, 1.54) is 4.52 Å². The summed E-state index contributed by atoms with van der Waals surface area (Å²) >= 11 is 6.32. The van der Waals surface area contributed by atoms with Crippen molar-refractivity contribution >= 4 is 23.2 Å². The van der Waals surface area contributed by atoms with Gasteiger partial charge < -0.3 is 10.4 Å². The van der Waals surface area contributed by atoms with Crippen LogP contribution < -0.4 is 5.32 Å². The van der Waals surface area contributed by atoms with Gasteiger partial charge in [0.15, 0.2) is 11.3 Å². The second kappa shape index (κ2) is 6.66. The molecule has 1 fully saturated rings. The van der Waals surface area contributed by atoms with Crippen LogP contribution in [-0.4, -0.2) is 36.7 Å². The molecule has 4 rings (SSSR count). The number of rotatable bonds is 4. The maximum atomic E-state index is 12.8. The summed E-state index contributed by atoms with van der Waals surface area (Å²) in [5.74, 6) is -0.254. The van der Waals surface area contributed by atoms with Crippen LogP contribution in [-0.2, 0) is 0 Å². The largest absolute Gasteiger partial charge is 0.393 e. The SMILES string of the molecule is Cc1cnc2c(Cl)c(C(=O)N[C@@H](c3ccccn3)C3CC(O)C3)nn2c1. The third-order valence-corrected chi connectivity index (χ3v) is 5.02. The first kappa shape index (κ1) is 16.9. The Hall–Kier alpha value is -2.51. The summed E-state index contributed by atoms with van der Waals surface area (Å²) in [7, 11) is 0. The number of aromatic nitrogens is 4. The minimum absolute atomic E-state index is 0.125. The zero-order valence-corrected chi connectivity index (χ0v) is 14.9. The van der Waals surface area contributed by atoms with Crippen LogP contribution in [0.5, 0.6) is 0 Å². The van der Waals surface area contributed by atoms with Crippen molar-refractivity contribution in [2.45, 2.75) is 31.9 Å². The number of halogens is 1. The van der Waals surface area contributed by atoms with Gasteiger partial charge >= 0.3 is 0 Å². The minimum atomic E-state index is -0.379. The first-order valence-corrected chi connectivity index (χ1v) is 8.81. The number of aliphatic hydroxyl groups excluding tert-OH is 1. The van der Waals surface area contributed by atoms with Gasteiger partial charge in [-0.3, -0.25) is 9.78 Å². The standard InChI is InChI=1S/C18H18ClN5O2/c1-10-8-21-17-14(19)16(23-24(17)9-10)18(26)22-15(11-6-12(25)7-11)13-4-2-3-5-20-13/h2-5,8-9,11-12,15,25H,6-7H2,1H3,(H,22,26)/t11?,12?,15-/m1/s1. The molecule has 26 heavy (non-hydrogen) atoms. The molecule has 3 heterocycles. The van der Waals surface area contributed by atoms with Gasteiger partial charge in [0.25, 0.3) is 5.91 Å². The number of aliphatic hydroxyl groups is 1. The quantitative estimate of drug-likeness (QED) is 0.734. The topological polar surface area (TPSA) is 92.4 Å². The third-order valence-electron chi connectivity index (χ3n) is 4.67. The number of amides is 1. The second-order valence-electron chi connectivity index (χ2n) is 6.65. The summed E-state index contributed by atoms with van der Waals surface area (Å²) in [4.78, 5) is 21.4. The molecule has 134 valence electrons. The number of carbonyl (C=O) groups is 1. The van der Waals surface area contributed by atoms with Crippen LogP contribution in [0.4, 0.5) is 0 Å².